The van der Waals surface area contributed by atoms with Gasteiger partial charge in [0.05, 0.1) is 7.11 Å². The zero-order chi connectivity index (χ0) is 16.5. The van der Waals surface area contributed by atoms with Crippen molar-refractivity contribution in [2.75, 3.05) is 13.7 Å². The van der Waals surface area contributed by atoms with Gasteiger partial charge in [-0.05, 0) is 12.5 Å². The Morgan fingerprint density at radius 2 is 1.76 bits per heavy atom. The Bertz CT molecular complexity index is 391. The molecule has 118 valence electrons. The number of ether oxygens (including phenoxy) is 2. The maximum Gasteiger partial charge on any atom is 0.407 e. The average molecular weight is 295 g/mol. The summed E-state index contributed by atoms with van der Waals surface area (Å²) in [5.74, 6) is -0.517. The van der Waals surface area contributed by atoms with Gasteiger partial charge in [-0.15, -0.1) is 6.58 Å². The van der Waals surface area contributed by atoms with Gasteiger partial charge < -0.3 is 14.8 Å². The Kier molecular flexibility index (Phi) is 15.8. The van der Waals surface area contributed by atoms with Crippen LogP contribution in [0.5, 0.6) is 0 Å². The molecule has 0 bridgehead atoms. The van der Waals surface area contributed by atoms with Crippen LogP contribution in [-0.2, 0) is 20.9 Å². The van der Waals surface area contributed by atoms with Crippen molar-refractivity contribution in [1.29, 1.82) is 0 Å². The number of hydrogen-bond donors (Lipinski definition) is 1. The summed E-state index contributed by atoms with van der Waals surface area (Å²) in [5, 5.41) is 2.27. The first kappa shape index (κ1) is 21.0. The number of carbonyl (C=O) groups is 2. The van der Waals surface area contributed by atoms with E-state index >= 15 is 0 Å². The molecule has 1 N–H and O–H groups in total. The molecule has 0 fully saturated rings. The van der Waals surface area contributed by atoms with Gasteiger partial charge in [0.1, 0.15) is 13.2 Å². The van der Waals surface area contributed by atoms with E-state index in [-0.39, 0.29) is 13.2 Å². The Labute approximate surface area is 127 Å². The third-order valence-corrected chi connectivity index (χ3v) is 1.82. The zero-order valence-electron chi connectivity index (χ0n) is 13.2. The lowest BCUT2D eigenvalue weighted by atomic mass is 10.2. The van der Waals surface area contributed by atoms with Crippen molar-refractivity contribution >= 4 is 12.1 Å². The standard InChI is InChI=1S/C11H13NO4.C3H6.C2H6/c1-15-10(13)7-12-11(14)16-8-9-5-3-2-4-6-9;1-3-2;1-2/h2-6H,7-8H2,1H3,(H,12,14);3H,1H2,2H3;1-2H3. The predicted octanol–water partition coefficient (Wildman–Crippen LogP) is 3.30. The van der Waals surface area contributed by atoms with Crippen LogP contribution in [0.4, 0.5) is 4.79 Å². The van der Waals surface area contributed by atoms with E-state index in [9.17, 15) is 9.59 Å². The fourth-order valence-electron chi connectivity index (χ4n) is 0.991. The third kappa shape index (κ3) is 13.9. The topological polar surface area (TPSA) is 64.6 Å². The summed E-state index contributed by atoms with van der Waals surface area (Å²) in [5.41, 5.74) is 0.885. The monoisotopic (exact) mass is 295 g/mol. The van der Waals surface area contributed by atoms with E-state index in [0.717, 1.165) is 5.56 Å². The van der Waals surface area contributed by atoms with Crippen molar-refractivity contribution in [2.24, 2.45) is 0 Å². The summed E-state index contributed by atoms with van der Waals surface area (Å²) in [4.78, 5) is 21.8. The van der Waals surface area contributed by atoms with Crippen LogP contribution in [0.3, 0.4) is 0 Å². The molecule has 1 aromatic carbocycles. The highest BCUT2D eigenvalue weighted by Crippen LogP contribution is 2.00. The number of allylic oxidation sites excluding steroid dienone is 1. The number of amides is 1. The second-order valence-electron chi connectivity index (χ2n) is 3.40. The van der Waals surface area contributed by atoms with Crippen molar-refractivity contribution in [3.63, 3.8) is 0 Å². The molecular formula is C16H25NO4. The summed E-state index contributed by atoms with van der Waals surface area (Å²) >= 11 is 0. The number of hydrogen-bond acceptors (Lipinski definition) is 4. The van der Waals surface area contributed by atoms with Gasteiger partial charge in [-0.3, -0.25) is 4.79 Å². The molecule has 1 rings (SSSR count). The van der Waals surface area contributed by atoms with Crippen LogP contribution in [0.25, 0.3) is 0 Å². The number of methoxy groups -OCH3 is 1. The minimum atomic E-state index is -0.644. The van der Waals surface area contributed by atoms with Crippen molar-refractivity contribution in [3.05, 3.63) is 48.6 Å². The summed E-state index contributed by atoms with van der Waals surface area (Å²) in [6.45, 7) is 9.23. The van der Waals surface area contributed by atoms with Crippen molar-refractivity contribution < 1.29 is 19.1 Å². The molecule has 0 spiro atoms. The van der Waals surface area contributed by atoms with Gasteiger partial charge in [0.2, 0.25) is 0 Å². The predicted molar refractivity (Wildman–Crippen MR) is 83.9 cm³/mol. The Morgan fingerprint density at radius 3 is 2.24 bits per heavy atom. The highest BCUT2D eigenvalue weighted by atomic mass is 16.6. The second kappa shape index (κ2) is 15.8. The molecule has 5 heteroatoms. The van der Waals surface area contributed by atoms with Crippen LogP contribution in [0.2, 0.25) is 0 Å². The van der Waals surface area contributed by atoms with Gasteiger partial charge in [-0.25, -0.2) is 4.79 Å². The summed E-state index contributed by atoms with van der Waals surface area (Å²) in [7, 11) is 1.25. The van der Waals surface area contributed by atoms with E-state index < -0.39 is 12.1 Å². The van der Waals surface area contributed by atoms with Gasteiger partial charge in [0.15, 0.2) is 0 Å². The first-order valence-corrected chi connectivity index (χ1v) is 6.72. The normalized spacial score (nSPS) is 8.00. The molecule has 0 heterocycles. The van der Waals surface area contributed by atoms with Crippen molar-refractivity contribution in [1.82, 2.24) is 5.32 Å². The summed E-state index contributed by atoms with van der Waals surface area (Å²) in [6.07, 6.45) is 1.11. The molecule has 0 aliphatic carbocycles. The zero-order valence-corrected chi connectivity index (χ0v) is 13.2. The molecule has 21 heavy (non-hydrogen) atoms. The highest BCUT2D eigenvalue weighted by Gasteiger charge is 2.05. The highest BCUT2D eigenvalue weighted by molar-refractivity contribution is 5.77. The number of carbonyl (C=O) groups excluding carboxylic acids is 2. The lowest BCUT2D eigenvalue weighted by molar-refractivity contribution is -0.139. The van der Waals surface area contributed by atoms with E-state index in [1.807, 2.05) is 51.1 Å². The fourth-order valence-corrected chi connectivity index (χ4v) is 0.991. The summed E-state index contributed by atoms with van der Waals surface area (Å²) in [6, 6.07) is 9.26. The van der Waals surface area contributed by atoms with Gasteiger partial charge >= 0.3 is 12.1 Å². The van der Waals surface area contributed by atoms with Crippen LogP contribution in [0, 0.1) is 0 Å². The smallest absolute Gasteiger partial charge is 0.407 e. The number of esters is 1. The van der Waals surface area contributed by atoms with Crippen molar-refractivity contribution in [2.45, 2.75) is 27.4 Å². The van der Waals surface area contributed by atoms with Crippen LogP contribution < -0.4 is 5.32 Å². The van der Waals surface area contributed by atoms with Crippen LogP contribution in [0.15, 0.2) is 43.0 Å². The molecule has 0 aromatic heterocycles. The van der Waals surface area contributed by atoms with Gasteiger partial charge in [0, 0.05) is 0 Å². The third-order valence-electron chi connectivity index (χ3n) is 1.82. The van der Waals surface area contributed by atoms with E-state index in [2.05, 4.69) is 16.6 Å². The second-order valence-corrected chi connectivity index (χ2v) is 3.40. The van der Waals surface area contributed by atoms with E-state index in [1.54, 1.807) is 6.08 Å². The Morgan fingerprint density at radius 1 is 1.24 bits per heavy atom. The molecular weight excluding hydrogens is 270 g/mol. The van der Waals surface area contributed by atoms with Crippen LogP contribution in [-0.4, -0.2) is 25.7 Å². The first-order valence-electron chi connectivity index (χ1n) is 6.72. The van der Waals surface area contributed by atoms with Gasteiger partial charge in [0.25, 0.3) is 0 Å². The van der Waals surface area contributed by atoms with Gasteiger partial charge in [-0.2, -0.15) is 0 Å². The van der Waals surface area contributed by atoms with Crippen LogP contribution >= 0.6 is 0 Å². The van der Waals surface area contributed by atoms with E-state index in [1.165, 1.54) is 7.11 Å². The molecule has 1 amide bonds. The average Bonchev–Trinajstić information content (AvgIpc) is 2.54. The SMILES string of the molecule is C=CC.CC.COC(=O)CNC(=O)OCc1ccccc1. The number of benzene rings is 1. The Balaban J connectivity index is 0. The maximum absolute atomic E-state index is 11.1. The fraction of sp³-hybridized carbons (Fsp3) is 0.375. The van der Waals surface area contributed by atoms with E-state index in [4.69, 9.17) is 4.74 Å². The molecule has 0 unspecified atom stereocenters. The molecule has 0 atom stereocenters. The number of alkyl carbamates (subject to hydrolysis) is 1. The maximum atomic E-state index is 11.1. The number of nitrogens with one attached hydrogen (secondary N) is 1. The van der Waals surface area contributed by atoms with Crippen molar-refractivity contribution in [3.8, 4) is 0 Å². The lowest BCUT2D eigenvalue weighted by Gasteiger charge is -2.05. The van der Waals surface area contributed by atoms with E-state index in [0.29, 0.717) is 0 Å². The largest absolute Gasteiger partial charge is 0.468 e. The quantitative estimate of drug-likeness (QED) is 0.683. The van der Waals surface area contributed by atoms with Gasteiger partial charge in [-0.1, -0.05) is 50.3 Å². The minimum Gasteiger partial charge on any atom is -0.468 e. The minimum absolute atomic E-state index is 0.174. The molecule has 0 aliphatic heterocycles. The molecule has 0 radical (unpaired) electrons. The molecule has 5 nitrogen and oxygen atoms in total. The summed E-state index contributed by atoms with van der Waals surface area (Å²) < 4.78 is 9.22. The number of rotatable bonds is 4. The lowest BCUT2D eigenvalue weighted by Crippen LogP contribution is -2.30. The Hall–Kier alpha value is -2.30. The molecule has 0 saturated heterocycles. The first-order chi connectivity index (χ1) is 10.1. The van der Waals surface area contributed by atoms with Crippen LogP contribution in [0.1, 0.15) is 26.3 Å². The molecule has 1 aromatic rings. The molecule has 0 aliphatic rings. The molecule has 0 saturated carbocycles.